The lowest BCUT2D eigenvalue weighted by Gasteiger charge is -2.00. The minimum Gasteiger partial charge on any atom is -0.289 e. The lowest BCUT2D eigenvalue weighted by atomic mass is 10.2. The Morgan fingerprint density at radius 2 is 1.81 bits per heavy atom. The summed E-state index contributed by atoms with van der Waals surface area (Å²) in [5.74, 6) is 0.665. The molecule has 6 heteroatoms. The van der Waals surface area contributed by atoms with Gasteiger partial charge in [-0.1, -0.05) is 30.3 Å². The molecule has 3 heterocycles. The van der Waals surface area contributed by atoms with E-state index in [2.05, 4.69) is 32.5 Å². The predicted molar refractivity (Wildman–Crippen MR) is 79.4 cm³/mol. The summed E-state index contributed by atoms with van der Waals surface area (Å²) in [7, 11) is 0. The van der Waals surface area contributed by atoms with Crippen molar-refractivity contribution in [2.24, 2.45) is 0 Å². The zero-order valence-electron chi connectivity index (χ0n) is 11.8. The molecule has 4 aromatic rings. The number of aromatic amines is 1. The molecule has 4 rings (SSSR count). The van der Waals surface area contributed by atoms with E-state index in [1.165, 1.54) is 0 Å². The number of benzene rings is 1. The molecule has 6 nitrogen and oxygen atoms in total. The van der Waals surface area contributed by atoms with Crippen LogP contribution < -0.4 is 0 Å². The van der Waals surface area contributed by atoms with Gasteiger partial charge < -0.3 is 0 Å². The fraction of sp³-hybridized carbons (Fsp3) is 0.133. The van der Waals surface area contributed by atoms with Crippen molar-refractivity contribution in [1.82, 2.24) is 29.6 Å². The highest BCUT2D eigenvalue weighted by molar-refractivity contribution is 5.64. The summed E-state index contributed by atoms with van der Waals surface area (Å²) in [5, 5.41) is 16.2. The van der Waals surface area contributed by atoms with Crippen LogP contribution in [0.2, 0.25) is 0 Å². The monoisotopic (exact) mass is 278 g/mol. The van der Waals surface area contributed by atoms with E-state index in [0.29, 0.717) is 5.95 Å². The Morgan fingerprint density at radius 3 is 2.52 bits per heavy atom. The summed E-state index contributed by atoms with van der Waals surface area (Å²) in [6.45, 7) is 3.97. The molecule has 0 amide bonds. The minimum absolute atomic E-state index is 0.665. The van der Waals surface area contributed by atoms with Crippen LogP contribution in [0.4, 0.5) is 0 Å². The maximum Gasteiger partial charge on any atom is 0.271 e. The molecule has 0 aliphatic rings. The van der Waals surface area contributed by atoms with Crippen molar-refractivity contribution in [3.63, 3.8) is 0 Å². The van der Waals surface area contributed by atoms with E-state index < -0.39 is 0 Å². The summed E-state index contributed by atoms with van der Waals surface area (Å²) in [4.78, 5) is 0. The third-order valence-electron chi connectivity index (χ3n) is 3.46. The van der Waals surface area contributed by atoms with Crippen molar-refractivity contribution in [3.8, 4) is 17.2 Å². The van der Waals surface area contributed by atoms with E-state index in [4.69, 9.17) is 0 Å². The standard InChI is InChI=1S/C15H14N6/c1-10-8-11(2)20(18-10)15-17-16-14-9-13(19-21(14)15)12-6-4-3-5-7-12/h3-9,19H,1-2H3. The number of aryl methyl sites for hydroxylation is 2. The van der Waals surface area contributed by atoms with Gasteiger partial charge in [0.1, 0.15) is 0 Å². The molecule has 0 bridgehead atoms. The molecule has 0 fully saturated rings. The van der Waals surface area contributed by atoms with Crippen LogP contribution in [0, 0.1) is 13.8 Å². The molecule has 0 aliphatic heterocycles. The molecule has 3 aromatic heterocycles. The molecule has 0 saturated heterocycles. The van der Waals surface area contributed by atoms with Crippen molar-refractivity contribution in [2.45, 2.75) is 13.8 Å². The fourth-order valence-corrected chi connectivity index (χ4v) is 2.50. The van der Waals surface area contributed by atoms with Gasteiger partial charge in [0.15, 0.2) is 5.65 Å². The molecular formula is C15H14N6. The van der Waals surface area contributed by atoms with Gasteiger partial charge in [-0.2, -0.15) is 9.61 Å². The first-order chi connectivity index (χ1) is 10.2. The SMILES string of the molecule is Cc1cc(C)n(-c2nnc3cc(-c4ccccc4)[nH]n23)n1. The van der Waals surface area contributed by atoms with E-state index >= 15 is 0 Å². The molecule has 0 spiro atoms. The average molecular weight is 278 g/mol. The summed E-state index contributed by atoms with van der Waals surface area (Å²) in [6.07, 6.45) is 0. The highest BCUT2D eigenvalue weighted by Gasteiger charge is 2.14. The molecule has 0 unspecified atom stereocenters. The van der Waals surface area contributed by atoms with Crippen LogP contribution in [0.5, 0.6) is 0 Å². The van der Waals surface area contributed by atoms with Gasteiger partial charge in [-0.3, -0.25) is 5.10 Å². The number of fused-ring (bicyclic) bond motifs is 1. The Morgan fingerprint density at radius 1 is 1.00 bits per heavy atom. The smallest absolute Gasteiger partial charge is 0.271 e. The zero-order chi connectivity index (χ0) is 14.4. The summed E-state index contributed by atoms with van der Waals surface area (Å²) in [6, 6.07) is 14.1. The fourth-order valence-electron chi connectivity index (χ4n) is 2.50. The van der Waals surface area contributed by atoms with Gasteiger partial charge in [-0.15, -0.1) is 10.2 Å². The van der Waals surface area contributed by atoms with Gasteiger partial charge in [0.2, 0.25) is 0 Å². The second-order valence-electron chi connectivity index (χ2n) is 5.07. The molecule has 104 valence electrons. The molecule has 0 aliphatic carbocycles. The van der Waals surface area contributed by atoms with Gasteiger partial charge >= 0.3 is 0 Å². The van der Waals surface area contributed by atoms with E-state index in [-0.39, 0.29) is 0 Å². The normalized spacial score (nSPS) is 11.3. The van der Waals surface area contributed by atoms with Crippen LogP contribution in [0.3, 0.4) is 0 Å². The van der Waals surface area contributed by atoms with E-state index in [1.54, 1.807) is 4.68 Å². The highest BCUT2D eigenvalue weighted by atomic mass is 15.5. The largest absolute Gasteiger partial charge is 0.289 e. The number of hydrogen-bond acceptors (Lipinski definition) is 3. The lowest BCUT2D eigenvalue weighted by Crippen LogP contribution is -2.05. The van der Waals surface area contributed by atoms with Gasteiger partial charge in [-0.05, 0) is 25.5 Å². The van der Waals surface area contributed by atoms with Crippen LogP contribution in [0.15, 0.2) is 42.5 Å². The molecule has 0 saturated carbocycles. The van der Waals surface area contributed by atoms with E-state index in [1.807, 2.05) is 48.7 Å². The Balaban J connectivity index is 1.89. The third kappa shape index (κ3) is 1.84. The van der Waals surface area contributed by atoms with Crippen LogP contribution in [-0.4, -0.2) is 29.6 Å². The van der Waals surface area contributed by atoms with Crippen molar-refractivity contribution in [1.29, 1.82) is 0 Å². The van der Waals surface area contributed by atoms with Crippen LogP contribution in [-0.2, 0) is 0 Å². The van der Waals surface area contributed by atoms with Gasteiger partial charge in [-0.25, -0.2) is 4.68 Å². The molecule has 21 heavy (non-hydrogen) atoms. The second kappa shape index (κ2) is 4.31. The van der Waals surface area contributed by atoms with Crippen LogP contribution in [0.1, 0.15) is 11.4 Å². The number of hydrogen-bond donors (Lipinski definition) is 1. The van der Waals surface area contributed by atoms with Crippen molar-refractivity contribution in [3.05, 3.63) is 53.9 Å². The van der Waals surface area contributed by atoms with E-state index in [9.17, 15) is 0 Å². The lowest BCUT2D eigenvalue weighted by molar-refractivity contribution is 0.739. The molecule has 1 N–H and O–H groups in total. The topological polar surface area (TPSA) is 63.8 Å². The first-order valence-corrected chi connectivity index (χ1v) is 6.75. The highest BCUT2D eigenvalue weighted by Crippen LogP contribution is 2.20. The Labute approximate surface area is 121 Å². The number of aromatic nitrogens is 6. The maximum atomic E-state index is 4.46. The van der Waals surface area contributed by atoms with Crippen LogP contribution in [0.25, 0.3) is 22.9 Å². The van der Waals surface area contributed by atoms with Gasteiger partial charge in [0.05, 0.1) is 11.4 Å². The van der Waals surface area contributed by atoms with Gasteiger partial charge in [0.25, 0.3) is 5.95 Å². The summed E-state index contributed by atoms with van der Waals surface area (Å²) >= 11 is 0. The average Bonchev–Trinajstić information content (AvgIpc) is 3.13. The van der Waals surface area contributed by atoms with Crippen molar-refractivity contribution >= 4 is 5.65 Å². The Bertz CT molecular complexity index is 912. The van der Waals surface area contributed by atoms with Gasteiger partial charge in [0, 0.05) is 11.8 Å². The Kier molecular flexibility index (Phi) is 2.44. The molecule has 1 aromatic carbocycles. The third-order valence-corrected chi connectivity index (χ3v) is 3.46. The molecule has 0 atom stereocenters. The minimum atomic E-state index is 0.665. The van der Waals surface area contributed by atoms with Crippen LogP contribution >= 0.6 is 0 Å². The van der Waals surface area contributed by atoms with Crippen molar-refractivity contribution < 1.29 is 0 Å². The first kappa shape index (κ1) is 11.9. The predicted octanol–water partition coefficient (Wildman–Crippen LogP) is 2.53. The maximum absolute atomic E-state index is 4.46. The number of rotatable bonds is 2. The first-order valence-electron chi connectivity index (χ1n) is 6.75. The number of nitrogens with one attached hydrogen (secondary N) is 1. The number of H-pyrrole nitrogens is 1. The quantitative estimate of drug-likeness (QED) is 0.613. The Hall–Kier alpha value is -2.89. The van der Waals surface area contributed by atoms with E-state index in [0.717, 1.165) is 28.3 Å². The summed E-state index contributed by atoms with van der Waals surface area (Å²) < 4.78 is 3.64. The number of nitrogens with zero attached hydrogens (tertiary/aromatic N) is 5. The second-order valence-corrected chi connectivity index (χ2v) is 5.07. The molecule has 0 radical (unpaired) electrons. The zero-order valence-corrected chi connectivity index (χ0v) is 11.8. The summed E-state index contributed by atoms with van der Waals surface area (Å²) in [5.41, 5.74) is 4.87. The molecular weight excluding hydrogens is 264 g/mol. The van der Waals surface area contributed by atoms with Crippen molar-refractivity contribution in [2.75, 3.05) is 0 Å².